The summed E-state index contributed by atoms with van der Waals surface area (Å²) in [5.41, 5.74) is 1.24. The molecule has 0 aliphatic carbocycles. The van der Waals surface area contributed by atoms with Crippen molar-refractivity contribution in [1.82, 2.24) is 9.97 Å². The van der Waals surface area contributed by atoms with Crippen molar-refractivity contribution in [1.29, 1.82) is 0 Å². The van der Waals surface area contributed by atoms with Crippen LogP contribution in [0.4, 0.5) is 11.6 Å². The lowest BCUT2D eigenvalue weighted by molar-refractivity contribution is 0.507. The highest BCUT2D eigenvalue weighted by molar-refractivity contribution is 5.59. The van der Waals surface area contributed by atoms with Gasteiger partial charge < -0.3 is 10.6 Å². The van der Waals surface area contributed by atoms with Gasteiger partial charge >= 0.3 is 0 Å². The van der Waals surface area contributed by atoms with Crippen molar-refractivity contribution in [3.8, 4) is 0 Å². The van der Waals surface area contributed by atoms with Gasteiger partial charge in [-0.15, -0.1) is 0 Å². The van der Waals surface area contributed by atoms with Crippen LogP contribution in [0.15, 0.2) is 6.33 Å². The molecule has 1 heterocycles. The maximum atomic E-state index is 4.47. The highest BCUT2D eigenvalue weighted by Gasteiger charge is 2.21. The van der Waals surface area contributed by atoms with E-state index in [4.69, 9.17) is 0 Å². The molecule has 1 rings (SSSR count). The predicted molar refractivity (Wildman–Crippen MR) is 87.5 cm³/mol. The first-order valence-corrected chi connectivity index (χ1v) is 7.78. The van der Waals surface area contributed by atoms with Gasteiger partial charge in [0.05, 0.1) is 0 Å². The summed E-state index contributed by atoms with van der Waals surface area (Å²) in [4.78, 5) is 8.89. The first-order chi connectivity index (χ1) is 9.41. The second-order valence-corrected chi connectivity index (χ2v) is 6.32. The van der Waals surface area contributed by atoms with Crippen LogP contribution >= 0.6 is 0 Å². The molecule has 0 saturated heterocycles. The van der Waals surface area contributed by atoms with Gasteiger partial charge in [0, 0.05) is 17.6 Å². The number of aromatic nitrogens is 2. The number of hydrogen-bond acceptors (Lipinski definition) is 4. The first-order valence-electron chi connectivity index (χ1n) is 7.78. The molecule has 2 N–H and O–H groups in total. The van der Waals surface area contributed by atoms with Gasteiger partial charge in [0.2, 0.25) is 0 Å². The zero-order chi connectivity index (χ0) is 15.2. The van der Waals surface area contributed by atoms with E-state index in [0.29, 0.717) is 5.92 Å². The Morgan fingerprint density at radius 2 is 1.75 bits per heavy atom. The van der Waals surface area contributed by atoms with Gasteiger partial charge in [0.15, 0.2) is 0 Å². The Balaban J connectivity index is 3.06. The first kappa shape index (κ1) is 16.7. The SMILES string of the molecule is CCCNc1ncnc(NC(C)(C)CCC)c1C(C)C. The molecule has 0 aromatic carbocycles. The Morgan fingerprint density at radius 1 is 1.10 bits per heavy atom. The van der Waals surface area contributed by atoms with Crippen molar-refractivity contribution in [2.75, 3.05) is 17.2 Å². The standard InChI is InChI=1S/C16H30N4/c1-7-9-16(5,6)20-15-13(12(3)4)14(17-10-8-2)18-11-19-15/h11-12H,7-10H2,1-6H3,(H2,17,18,19,20). The largest absolute Gasteiger partial charge is 0.370 e. The van der Waals surface area contributed by atoms with Gasteiger partial charge in [-0.2, -0.15) is 0 Å². The molecule has 0 fully saturated rings. The van der Waals surface area contributed by atoms with E-state index in [1.54, 1.807) is 6.33 Å². The molecule has 1 aromatic rings. The van der Waals surface area contributed by atoms with Crippen LogP contribution in [0.5, 0.6) is 0 Å². The second kappa shape index (κ2) is 7.46. The van der Waals surface area contributed by atoms with Gasteiger partial charge in [-0.25, -0.2) is 9.97 Å². The van der Waals surface area contributed by atoms with Crippen LogP contribution in [-0.2, 0) is 0 Å². The molecule has 0 saturated carbocycles. The van der Waals surface area contributed by atoms with Crippen molar-refractivity contribution in [2.24, 2.45) is 0 Å². The molecule has 0 atom stereocenters. The zero-order valence-electron chi connectivity index (χ0n) is 13.9. The van der Waals surface area contributed by atoms with E-state index in [9.17, 15) is 0 Å². The summed E-state index contributed by atoms with van der Waals surface area (Å²) in [5, 5.41) is 7.01. The highest BCUT2D eigenvalue weighted by Crippen LogP contribution is 2.30. The molecule has 0 aliphatic heterocycles. The topological polar surface area (TPSA) is 49.8 Å². The van der Waals surface area contributed by atoms with Crippen LogP contribution in [0.2, 0.25) is 0 Å². The van der Waals surface area contributed by atoms with Crippen LogP contribution in [0, 0.1) is 0 Å². The fourth-order valence-corrected chi connectivity index (χ4v) is 2.43. The van der Waals surface area contributed by atoms with E-state index in [1.807, 2.05) is 0 Å². The van der Waals surface area contributed by atoms with E-state index in [-0.39, 0.29) is 5.54 Å². The molecule has 4 heteroatoms. The molecule has 0 unspecified atom stereocenters. The summed E-state index contributed by atoms with van der Waals surface area (Å²) in [6.07, 6.45) is 5.01. The molecule has 0 bridgehead atoms. The lowest BCUT2D eigenvalue weighted by atomic mass is 9.97. The van der Waals surface area contributed by atoms with Gasteiger partial charge in [0.1, 0.15) is 18.0 Å². The third-order valence-corrected chi connectivity index (χ3v) is 3.34. The van der Waals surface area contributed by atoms with Crippen molar-refractivity contribution in [3.63, 3.8) is 0 Å². The molecule has 114 valence electrons. The third-order valence-electron chi connectivity index (χ3n) is 3.34. The lowest BCUT2D eigenvalue weighted by Crippen LogP contribution is -2.32. The Morgan fingerprint density at radius 3 is 2.30 bits per heavy atom. The molecule has 20 heavy (non-hydrogen) atoms. The van der Waals surface area contributed by atoms with Gasteiger partial charge in [-0.05, 0) is 32.6 Å². The van der Waals surface area contributed by atoms with Crippen LogP contribution in [0.3, 0.4) is 0 Å². The minimum absolute atomic E-state index is 0.0504. The molecule has 4 nitrogen and oxygen atoms in total. The normalized spacial score (nSPS) is 11.8. The minimum Gasteiger partial charge on any atom is -0.370 e. The molecular formula is C16H30N4. The van der Waals surface area contributed by atoms with Crippen molar-refractivity contribution in [3.05, 3.63) is 11.9 Å². The van der Waals surface area contributed by atoms with E-state index < -0.39 is 0 Å². The van der Waals surface area contributed by atoms with Gasteiger partial charge in [-0.1, -0.05) is 34.1 Å². The number of nitrogens with zero attached hydrogens (tertiary/aromatic N) is 2. The smallest absolute Gasteiger partial charge is 0.135 e. The van der Waals surface area contributed by atoms with Crippen LogP contribution in [0.1, 0.15) is 72.3 Å². The van der Waals surface area contributed by atoms with Gasteiger partial charge in [-0.3, -0.25) is 0 Å². The zero-order valence-corrected chi connectivity index (χ0v) is 13.9. The Labute approximate surface area is 123 Å². The predicted octanol–water partition coefficient (Wildman–Crippen LogP) is 4.41. The number of rotatable bonds is 8. The number of anilines is 2. The third kappa shape index (κ3) is 4.66. The van der Waals surface area contributed by atoms with E-state index >= 15 is 0 Å². The summed E-state index contributed by atoms with van der Waals surface area (Å²) < 4.78 is 0. The lowest BCUT2D eigenvalue weighted by Gasteiger charge is -2.29. The van der Waals surface area contributed by atoms with Crippen LogP contribution in [-0.4, -0.2) is 22.1 Å². The molecule has 0 spiro atoms. The molecule has 0 radical (unpaired) electrons. The summed E-state index contributed by atoms with van der Waals surface area (Å²) in [6, 6.07) is 0. The van der Waals surface area contributed by atoms with Crippen molar-refractivity contribution < 1.29 is 0 Å². The Bertz CT molecular complexity index is 413. The summed E-state index contributed by atoms with van der Waals surface area (Å²) in [7, 11) is 0. The molecule has 1 aromatic heterocycles. The molecule has 0 amide bonds. The number of hydrogen-bond donors (Lipinski definition) is 2. The quantitative estimate of drug-likeness (QED) is 0.739. The average Bonchev–Trinajstić information content (AvgIpc) is 2.35. The summed E-state index contributed by atoms with van der Waals surface area (Å²) >= 11 is 0. The minimum atomic E-state index is 0.0504. The van der Waals surface area contributed by atoms with Crippen molar-refractivity contribution in [2.45, 2.75) is 72.3 Å². The maximum absolute atomic E-state index is 4.47. The second-order valence-electron chi connectivity index (χ2n) is 6.32. The van der Waals surface area contributed by atoms with Crippen LogP contribution in [0.25, 0.3) is 0 Å². The van der Waals surface area contributed by atoms with E-state index in [2.05, 4.69) is 62.1 Å². The summed E-state index contributed by atoms with van der Waals surface area (Å²) in [5.74, 6) is 2.31. The van der Waals surface area contributed by atoms with E-state index in [0.717, 1.165) is 37.4 Å². The van der Waals surface area contributed by atoms with E-state index in [1.165, 1.54) is 5.56 Å². The summed E-state index contributed by atoms with van der Waals surface area (Å²) in [6.45, 7) is 14.1. The number of nitrogens with one attached hydrogen (secondary N) is 2. The molecule has 0 aliphatic rings. The van der Waals surface area contributed by atoms with Gasteiger partial charge in [0.25, 0.3) is 0 Å². The molecular weight excluding hydrogens is 248 g/mol. The van der Waals surface area contributed by atoms with Crippen LogP contribution < -0.4 is 10.6 Å². The highest BCUT2D eigenvalue weighted by atomic mass is 15.1. The maximum Gasteiger partial charge on any atom is 0.135 e. The average molecular weight is 278 g/mol. The fraction of sp³-hybridized carbons (Fsp3) is 0.750. The fourth-order valence-electron chi connectivity index (χ4n) is 2.43. The Kier molecular flexibility index (Phi) is 6.24. The van der Waals surface area contributed by atoms with Crippen molar-refractivity contribution >= 4 is 11.6 Å². The Hall–Kier alpha value is -1.32. The monoisotopic (exact) mass is 278 g/mol.